The zero-order valence-corrected chi connectivity index (χ0v) is 19.5. The molecule has 3 aromatic carbocycles. The van der Waals surface area contributed by atoms with Crippen LogP contribution in [0.1, 0.15) is 28.8 Å². The number of carboxylic acid groups (broad SMARTS) is 1. The number of carbonyl (C=O) groups excluding carboxylic acids is 1. The summed E-state index contributed by atoms with van der Waals surface area (Å²) in [7, 11) is 0. The number of hydrogen-bond acceptors (Lipinski definition) is 4. The highest BCUT2D eigenvalue weighted by Gasteiger charge is 2.31. The smallest absolute Gasteiger partial charge is 0.408 e. The van der Waals surface area contributed by atoms with E-state index in [-0.39, 0.29) is 18.3 Å². The molecule has 2 N–H and O–H groups in total. The third-order valence-corrected chi connectivity index (χ3v) is 6.42. The van der Waals surface area contributed by atoms with Crippen molar-refractivity contribution in [1.29, 1.82) is 0 Å². The molecule has 5 rings (SSSR count). The van der Waals surface area contributed by atoms with Gasteiger partial charge in [0, 0.05) is 16.0 Å². The van der Waals surface area contributed by atoms with Crippen LogP contribution < -0.4 is 5.32 Å². The highest BCUT2D eigenvalue weighted by atomic mass is 79.9. The Balaban J connectivity index is 1.29. The van der Waals surface area contributed by atoms with E-state index in [9.17, 15) is 14.7 Å². The first kappa shape index (κ1) is 22.0. The van der Waals surface area contributed by atoms with E-state index < -0.39 is 18.1 Å². The van der Waals surface area contributed by atoms with Gasteiger partial charge in [-0.25, -0.2) is 9.59 Å². The van der Waals surface area contributed by atoms with Crippen LogP contribution in [-0.4, -0.2) is 23.8 Å². The Hall–Kier alpha value is -3.84. The number of ether oxygens (including phenoxy) is 1. The molecule has 1 aromatic heterocycles. The molecular weight excluding hydrogens is 498 g/mol. The maximum absolute atomic E-state index is 12.6. The molecule has 6 nitrogen and oxygen atoms in total. The molecule has 34 heavy (non-hydrogen) atoms. The van der Waals surface area contributed by atoms with Gasteiger partial charge in [-0.15, -0.1) is 0 Å². The van der Waals surface area contributed by atoms with Crippen molar-refractivity contribution < 1.29 is 23.8 Å². The van der Waals surface area contributed by atoms with Crippen LogP contribution in [0.15, 0.2) is 93.8 Å². The number of fused-ring (bicyclic) bond motifs is 3. The number of nitrogens with one attached hydrogen (secondary N) is 1. The Bertz CT molecular complexity index is 1320. The Morgan fingerprint density at radius 3 is 2.15 bits per heavy atom. The maximum Gasteiger partial charge on any atom is 0.408 e. The summed E-state index contributed by atoms with van der Waals surface area (Å²) in [6.45, 7) is 0.0918. The maximum atomic E-state index is 12.6. The lowest BCUT2D eigenvalue weighted by molar-refractivity contribution is -0.140. The largest absolute Gasteiger partial charge is 0.479 e. The van der Waals surface area contributed by atoms with Gasteiger partial charge in [-0.05, 0) is 46.5 Å². The summed E-state index contributed by atoms with van der Waals surface area (Å²) in [5.74, 6) is -0.749. The molecule has 0 aliphatic heterocycles. The molecule has 0 saturated heterocycles. The minimum absolute atomic E-state index is 0.0918. The molecule has 0 saturated carbocycles. The van der Waals surface area contributed by atoms with E-state index in [0.717, 1.165) is 32.3 Å². The zero-order chi connectivity index (χ0) is 23.7. The van der Waals surface area contributed by atoms with Gasteiger partial charge in [0.1, 0.15) is 18.1 Å². The molecule has 0 spiro atoms. The topological polar surface area (TPSA) is 88.8 Å². The van der Waals surface area contributed by atoms with Crippen LogP contribution in [-0.2, 0) is 9.53 Å². The molecule has 170 valence electrons. The monoisotopic (exact) mass is 517 g/mol. The highest BCUT2D eigenvalue weighted by Crippen LogP contribution is 2.44. The molecule has 1 heterocycles. The predicted molar refractivity (Wildman–Crippen MR) is 130 cm³/mol. The Morgan fingerprint density at radius 2 is 1.53 bits per heavy atom. The summed E-state index contributed by atoms with van der Waals surface area (Å²) >= 11 is 3.38. The van der Waals surface area contributed by atoms with Crippen LogP contribution in [0, 0.1) is 0 Å². The van der Waals surface area contributed by atoms with E-state index in [1.807, 2.05) is 60.7 Å². The number of hydrogen-bond donors (Lipinski definition) is 2. The van der Waals surface area contributed by atoms with E-state index in [2.05, 4.69) is 33.4 Å². The number of benzene rings is 3. The van der Waals surface area contributed by atoms with E-state index >= 15 is 0 Å². The van der Waals surface area contributed by atoms with Crippen LogP contribution in [0.3, 0.4) is 0 Å². The lowest BCUT2D eigenvalue weighted by Gasteiger charge is -2.16. The second kappa shape index (κ2) is 9.19. The predicted octanol–water partition coefficient (Wildman–Crippen LogP) is 6.37. The third kappa shape index (κ3) is 4.22. The second-order valence-electron chi connectivity index (χ2n) is 7.95. The average molecular weight is 518 g/mol. The fraction of sp³-hybridized carbons (Fsp3) is 0.111. The second-order valence-corrected chi connectivity index (χ2v) is 8.87. The van der Waals surface area contributed by atoms with Gasteiger partial charge in [-0.1, -0.05) is 76.6 Å². The third-order valence-electron chi connectivity index (χ3n) is 5.89. The van der Waals surface area contributed by atoms with Crippen LogP contribution in [0.25, 0.3) is 22.5 Å². The molecule has 1 amide bonds. The van der Waals surface area contributed by atoms with E-state index in [1.165, 1.54) is 0 Å². The zero-order valence-electron chi connectivity index (χ0n) is 17.9. The quantitative estimate of drug-likeness (QED) is 0.310. The summed E-state index contributed by atoms with van der Waals surface area (Å²) in [6, 6.07) is 25.3. The molecule has 4 aromatic rings. The number of carbonyl (C=O) groups is 2. The number of aliphatic carboxylic acids is 1. The molecule has 1 aliphatic rings. The molecule has 7 heteroatoms. The summed E-state index contributed by atoms with van der Waals surface area (Å²) in [6.07, 6.45) is -0.823. The fourth-order valence-electron chi connectivity index (χ4n) is 4.29. The van der Waals surface area contributed by atoms with Crippen molar-refractivity contribution in [3.8, 4) is 22.5 Å². The highest BCUT2D eigenvalue weighted by molar-refractivity contribution is 9.10. The van der Waals surface area contributed by atoms with Gasteiger partial charge in [0.05, 0.1) is 0 Å². The van der Waals surface area contributed by atoms with Crippen molar-refractivity contribution in [3.63, 3.8) is 0 Å². The number of amides is 1. The number of furan rings is 1. The van der Waals surface area contributed by atoms with Crippen LogP contribution in [0.5, 0.6) is 0 Å². The number of rotatable bonds is 6. The SMILES string of the molecule is O=C(NC(C(=O)O)c1ccc(-c2ccc(Br)cc2)o1)OCC1c2ccccc2-c2ccccc21. The van der Waals surface area contributed by atoms with Gasteiger partial charge in [0.15, 0.2) is 6.04 Å². The number of carboxylic acids is 1. The van der Waals surface area contributed by atoms with Crippen LogP contribution >= 0.6 is 15.9 Å². The van der Waals surface area contributed by atoms with Gasteiger partial charge in [-0.3, -0.25) is 0 Å². The van der Waals surface area contributed by atoms with Crippen molar-refractivity contribution in [2.45, 2.75) is 12.0 Å². The normalized spacial score (nSPS) is 13.1. The van der Waals surface area contributed by atoms with Gasteiger partial charge in [0.25, 0.3) is 0 Å². The van der Waals surface area contributed by atoms with E-state index in [0.29, 0.717) is 5.76 Å². The summed E-state index contributed by atoms with van der Waals surface area (Å²) < 4.78 is 12.1. The van der Waals surface area contributed by atoms with Gasteiger partial charge < -0.3 is 19.6 Å². The Labute approximate surface area is 204 Å². The minimum Gasteiger partial charge on any atom is -0.479 e. The number of halogens is 1. The van der Waals surface area contributed by atoms with Crippen molar-refractivity contribution in [1.82, 2.24) is 5.32 Å². The van der Waals surface area contributed by atoms with Crippen LogP contribution in [0.2, 0.25) is 0 Å². The average Bonchev–Trinajstić information content (AvgIpc) is 3.45. The van der Waals surface area contributed by atoms with E-state index in [1.54, 1.807) is 12.1 Å². The van der Waals surface area contributed by atoms with Crippen molar-refractivity contribution in [2.75, 3.05) is 6.61 Å². The Morgan fingerprint density at radius 1 is 0.912 bits per heavy atom. The van der Waals surface area contributed by atoms with E-state index in [4.69, 9.17) is 9.15 Å². The standard InChI is InChI=1S/C27H20BrNO5/c28-17-11-9-16(10-12-17)23-13-14-24(34-23)25(26(30)31)29-27(32)33-15-22-20-7-3-1-5-18(20)19-6-2-4-8-21(19)22/h1-14,22,25H,15H2,(H,29,32)(H,30,31). The van der Waals surface area contributed by atoms with Crippen LogP contribution in [0.4, 0.5) is 4.79 Å². The Kier molecular flexibility index (Phi) is 5.94. The van der Waals surface area contributed by atoms with Gasteiger partial charge in [-0.2, -0.15) is 0 Å². The minimum atomic E-state index is -1.38. The lowest BCUT2D eigenvalue weighted by atomic mass is 9.98. The molecule has 0 fully saturated rings. The first-order valence-corrected chi connectivity index (χ1v) is 11.5. The van der Waals surface area contributed by atoms with Gasteiger partial charge in [0.2, 0.25) is 0 Å². The molecule has 1 aliphatic carbocycles. The first-order valence-electron chi connectivity index (χ1n) is 10.7. The van der Waals surface area contributed by atoms with Gasteiger partial charge >= 0.3 is 12.1 Å². The summed E-state index contributed by atoms with van der Waals surface area (Å²) in [4.78, 5) is 24.5. The molecular formula is C27H20BrNO5. The summed E-state index contributed by atoms with van der Waals surface area (Å²) in [5.41, 5.74) is 5.19. The van der Waals surface area contributed by atoms with Crippen molar-refractivity contribution in [3.05, 3.63) is 106 Å². The lowest BCUT2D eigenvalue weighted by Crippen LogP contribution is -2.34. The molecule has 0 bridgehead atoms. The molecule has 0 radical (unpaired) electrons. The summed E-state index contributed by atoms with van der Waals surface area (Å²) in [5, 5.41) is 12.1. The van der Waals surface area contributed by atoms with Crippen molar-refractivity contribution in [2.24, 2.45) is 0 Å². The fourth-order valence-corrected chi connectivity index (χ4v) is 4.55. The molecule has 1 unspecified atom stereocenters. The van der Waals surface area contributed by atoms with Crippen molar-refractivity contribution >= 4 is 28.0 Å². The molecule has 1 atom stereocenters. The first-order chi connectivity index (χ1) is 16.5. The number of alkyl carbamates (subject to hydrolysis) is 1.